The van der Waals surface area contributed by atoms with E-state index in [9.17, 15) is 4.79 Å². The molecule has 0 fully saturated rings. The highest BCUT2D eigenvalue weighted by Crippen LogP contribution is 2.34. The second-order valence-electron chi connectivity index (χ2n) is 5.45. The Balaban J connectivity index is 1.75. The monoisotopic (exact) mass is 297 g/mol. The summed E-state index contributed by atoms with van der Waals surface area (Å²) in [6, 6.07) is 14.9. The highest BCUT2D eigenvalue weighted by Gasteiger charge is 2.24. The molecule has 0 radical (unpaired) electrons. The van der Waals surface area contributed by atoms with Crippen LogP contribution in [0.25, 0.3) is 0 Å². The van der Waals surface area contributed by atoms with E-state index in [1.165, 1.54) is 0 Å². The van der Waals surface area contributed by atoms with Gasteiger partial charge in [-0.15, -0.1) is 0 Å². The lowest BCUT2D eigenvalue weighted by Crippen LogP contribution is -2.42. The molecule has 1 aliphatic heterocycles. The Bertz CT molecular complexity index is 673. The fourth-order valence-corrected chi connectivity index (χ4v) is 2.59. The Morgan fingerprint density at radius 1 is 1.32 bits per heavy atom. The molecule has 22 heavy (non-hydrogen) atoms. The molecule has 1 atom stereocenters. The van der Waals surface area contributed by atoms with Gasteiger partial charge in [0.25, 0.3) is 0 Å². The summed E-state index contributed by atoms with van der Waals surface area (Å²) in [4.78, 5) is 14.3. The lowest BCUT2D eigenvalue weighted by molar-refractivity contribution is -0.115. The van der Waals surface area contributed by atoms with Gasteiger partial charge in [0.1, 0.15) is 11.9 Å². The van der Waals surface area contributed by atoms with E-state index in [2.05, 4.69) is 5.32 Å². The lowest BCUT2D eigenvalue weighted by atomic mass is 10.2. The number of carbonyl (C=O) groups is 1. The first-order chi connectivity index (χ1) is 10.6. The summed E-state index contributed by atoms with van der Waals surface area (Å²) in [6.07, 6.45) is 0.0284. The first-order valence-corrected chi connectivity index (χ1v) is 7.28. The minimum atomic E-state index is -0.0614. The molecular formula is C17H19N3O2. The van der Waals surface area contributed by atoms with Crippen LogP contribution in [0.3, 0.4) is 0 Å². The first kappa shape index (κ1) is 14.3. The van der Waals surface area contributed by atoms with Gasteiger partial charge in [-0.3, -0.25) is 4.79 Å². The van der Waals surface area contributed by atoms with Crippen molar-refractivity contribution in [1.82, 2.24) is 0 Å². The van der Waals surface area contributed by atoms with E-state index in [0.717, 1.165) is 17.1 Å². The van der Waals surface area contributed by atoms with Gasteiger partial charge >= 0.3 is 0 Å². The summed E-state index contributed by atoms with van der Waals surface area (Å²) in [6.45, 7) is 2.90. The van der Waals surface area contributed by atoms with Gasteiger partial charge < -0.3 is 20.7 Å². The number of nitrogens with one attached hydrogen (secondary N) is 1. The number of anilines is 3. The van der Waals surface area contributed by atoms with Crippen molar-refractivity contribution >= 4 is 23.0 Å². The average Bonchev–Trinajstić information content (AvgIpc) is 2.49. The van der Waals surface area contributed by atoms with E-state index in [-0.39, 0.29) is 18.6 Å². The van der Waals surface area contributed by atoms with Crippen LogP contribution >= 0.6 is 0 Å². The number of hydrogen-bond donors (Lipinski definition) is 2. The number of nitrogens with two attached hydrogens (primary N) is 1. The van der Waals surface area contributed by atoms with Gasteiger partial charge in [0, 0.05) is 11.4 Å². The number of para-hydroxylation sites is 1. The number of nitrogen functional groups attached to an aromatic ring is 1. The fourth-order valence-electron chi connectivity index (χ4n) is 2.59. The van der Waals surface area contributed by atoms with Gasteiger partial charge in [-0.25, -0.2) is 0 Å². The molecule has 1 unspecified atom stereocenters. The number of nitrogens with zero attached hydrogens (tertiary/aromatic N) is 1. The average molecular weight is 297 g/mol. The SMILES string of the molecule is CC1CN(CC(=O)Nc2ccccc2)c2cc(N)ccc2O1. The molecule has 0 saturated heterocycles. The summed E-state index contributed by atoms with van der Waals surface area (Å²) in [5.74, 6) is 0.703. The summed E-state index contributed by atoms with van der Waals surface area (Å²) >= 11 is 0. The zero-order chi connectivity index (χ0) is 15.5. The van der Waals surface area contributed by atoms with Crippen LogP contribution in [0.2, 0.25) is 0 Å². The predicted molar refractivity (Wildman–Crippen MR) is 88.2 cm³/mol. The molecule has 0 aliphatic carbocycles. The van der Waals surface area contributed by atoms with Gasteiger partial charge in [0.15, 0.2) is 0 Å². The van der Waals surface area contributed by atoms with Crippen LogP contribution in [0, 0.1) is 0 Å². The van der Waals surface area contributed by atoms with Crippen LogP contribution < -0.4 is 20.7 Å². The topological polar surface area (TPSA) is 67.6 Å². The molecule has 0 spiro atoms. The van der Waals surface area contributed by atoms with Crippen LogP contribution in [0.4, 0.5) is 17.1 Å². The molecule has 114 valence electrons. The molecular weight excluding hydrogens is 278 g/mol. The van der Waals surface area contributed by atoms with Crippen LogP contribution in [-0.4, -0.2) is 25.1 Å². The second-order valence-corrected chi connectivity index (χ2v) is 5.45. The Morgan fingerprint density at radius 2 is 2.09 bits per heavy atom. The number of hydrogen-bond acceptors (Lipinski definition) is 4. The van der Waals surface area contributed by atoms with E-state index in [0.29, 0.717) is 12.2 Å². The molecule has 2 aromatic carbocycles. The summed E-state index contributed by atoms with van der Waals surface area (Å²) in [5, 5.41) is 2.90. The van der Waals surface area contributed by atoms with Gasteiger partial charge in [0.2, 0.25) is 5.91 Å². The summed E-state index contributed by atoms with van der Waals surface area (Å²) in [5.41, 5.74) is 8.16. The molecule has 1 amide bonds. The molecule has 0 bridgehead atoms. The highest BCUT2D eigenvalue weighted by molar-refractivity contribution is 5.94. The minimum absolute atomic E-state index is 0.0284. The maximum Gasteiger partial charge on any atom is 0.243 e. The molecule has 1 aliphatic rings. The third-order valence-electron chi connectivity index (χ3n) is 3.52. The Kier molecular flexibility index (Phi) is 3.87. The highest BCUT2D eigenvalue weighted by atomic mass is 16.5. The van der Waals surface area contributed by atoms with Crippen molar-refractivity contribution in [3.05, 3.63) is 48.5 Å². The minimum Gasteiger partial charge on any atom is -0.487 e. The Hall–Kier alpha value is -2.69. The maximum absolute atomic E-state index is 12.3. The van der Waals surface area contributed by atoms with Crippen molar-refractivity contribution in [3.63, 3.8) is 0 Å². The molecule has 5 nitrogen and oxygen atoms in total. The Morgan fingerprint density at radius 3 is 2.86 bits per heavy atom. The number of ether oxygens (including phenoxy) is 1. The number of benzene rings is 2. The van der Waals surface area contributed by atoms with E-state index in [4.69, 9.17) is 10.5 Å². The van der Waals surface area contributed by atoms with Crippen molar-refractivity contribution < 1.29 is 9.53 Å². The second kappa shape index (κ2) is 5.97. The Labute approximate surface area is 129 Å². The van der Waals surface area contributed by atoms with Gasteiger partial charge in [-0.2, -0.15) is 0 Å². The molecule has 3 N–H and O–H groups in total. The van der Waals surface area contributed by atoms with Crippen molar-refractivity contribution in [2.45, 2.75) is 13.0 Å². The van der Waals surface area contributed by atoms with Crippen LogP contribution in [-0.2, 0) is 4.79 Å². The van der Waals surface area contributed by atoms with Gasteiger partial charge in [-0.1, -0.05) is 18.2 Å². The largest absolute Gasteiger partial charge is 0.487 e. The van der Waals surface area contributed by atoms with Crippen LogP contribution in [0.15, 0.2) is 48.5 Å². The maximum atomic E-state index is 12.3. The zero-order valence-electron chi connectivity index (χ0n) is 12.5. The number of rotatable bonds is 3. The normalized spacial score (nSPS) is 16.6. The van der Waals surface area contributed by atoms with Gasteiger partial charge in [-0.05, 0) is 37.3 Å². The third-order valence-corrected chi connectivity index (χ3v) is 3.52. The van der Waals surface area contributed by atoms with Crippen molar-refractivity contribution in [3.8, 4) is 5.75 Å². The quantitative estimate of drug-likeness (QED) is 0.854. The lowest BCUT2D eigenvalue weighted by Gasteiger charge is -2.34. The fraction of sp³-hybridized carbons (Fsp3) is 0.235. The number of carbonyl (C=O) groups excluding carboxylic acids is 1. The zero-order valence-corrected chi connectivity index (χ0v) is 12.5. The number of fused-ring (bicyclic) bond motifs is 1. The predicted octanol–water partition coefficient (Wildman–Crippen LogP) is 2.49. The van der Waals surface area contributed by atoms with Crippen LogP contribution in [0.5, 0.6) is 5.75 Å². The molecule has 0 aromatic heterocycles. The summed E-state index contributed by atoms with van der Waals surface area (Å²) in [7, 11) is 0. The number of amides is 1. The first-order valence-electron chi connectivity index (χ1n) is 7.28. The van der Waals surface area contributed by atoms with E-state index < -0.39 is 0 Å². The van der Waals surface area contributed by atoms with Gasteiger partial charge in [0.05, 0.1) is 18.8 Å². The molecule has 5 heteroatoms. The van der Waals surface area contributed by atoms with Crippen molar-refractivity contribution in [2.24, 2.45) is 0 Å². The van der Waals surface area contributed by atoms with Crippen molar-refractivity contribution in [2.75, 3.05) is 29.0 Å². The molecule has 2 aromatic rings. The smallest absolute Gasteiger partial charge is 0.243 e. The van der Waals surface area contributed by atoms with E-state index in [1.807, 2.05) is 54.3 Å². The standard InChI is InChI=1S/C17H19N3O2/c1-12-10-20(15-9-13(18)7-8-16(15)22-12)11-17(21)19-14-5-3-2-4-6-14/h2-9,12H,10-11,18H2,1H3,(H,19,21). The molecule has 0 saturated carbocycles. The third kappa shape index (κ3) is 3.14. The van der Waals surface area contributed by atoms with Crippen LogP contribution in [0.1, 0.15) is 6.92 Å². The van der Waals surface area contributed by atoms with E-state index >= 15 is 0 Å². The molecule has 1 heterocycles. The molecule has 3 rings (SSSR count). The van der Waals surface area contributed by atoms with E-state index in [1.54, 1.807) is 6.07 Å². The van der Waals surface area contributed by atoms with Crippen molar-refractivity contribution in [1.29, 1.82) is 0 Å². The summed E-state index contributed by atoms with van der Waals surface area (Å²) < 4.78 is 5.79.